The van der Waals surface area contributed by atoms with E-state index in [1.54, 1.807) is 12.1 Å². The van der Waals surface area contributed by atoms with Gasteiger partial charge in [-0.1, -0.05) is 18.2 Å². The number of pyridine rings is 1. The number of carbonyl (C=O) groups is 1. The molecule has 8 nitrogen and oxygen atoms in total. The molecular weight excluding hydrogens is 481 g/mol. The van der Waals surface area contributed by atoms with Crippen LogP contribution >= 0.6 is 0 Å². The number of aromatic nitrogens is 1. The quantitative estimate of drug-likeness (QED) is 0.520. The minimum atomic E-state index is -3.69. The molecule has 5 rings (SSSR count). The van der Waals surface area contributed by atoms with Crippen LogP contribution in [0.25, 0.3) is 22.3 Å². The van der Waals surface area contributed by atoms with Crippen molar-refractivity contribution in [1.29, 1.82) is 0 Å². The van der Waals surface area contributed by atoms with E-state index < -0.39 is 27.6 Å². The zero-order chi connectivity index (χ0) is 25.6. The van der Waals surface area contributed by atoms with Gasteiger partial charge >= 0.3 is 0 Å². The lowest BCUT2D eigenvalue weighted by molar-refractivity contribution is 0.0953. The molecule has 10 heteroatoms. The Morgan fingerprint density at radius 1 is 0.944 bits per heavy atom. The summed E-state index contributed by atoms with van der Waals surface area (Å²) in [5, 5.41) is 2.35. The Morgan fingerprint density at radius 3 is 2.28 bits per heavy atom. The van der Waals surface area contributed by atoms with Gasteiger partial charge in [0, 0.05) is 49.0 Å². The number of carbonyl (C=O) groups excluding carboxylic acids is 1. The van der Waals surface area contributed by atoms with Crippen LogP contribution in [-0.2, 0) is 9.84 Å². The normalized spacial score (nSPS) is 17.7. The number of amides is 1. The van der Waals surface area contributed by atoms with Crippen molar-refractivity contribution in [2.45, 2.75) is 24.8 Å². The maximum atomic E-state index is 14.9. The van der Waals surface area contributed by atoms with Crippen molar-refractivity contribution in [2.75, 3.05) is 42.7 Å². The van der Waals surface area contributed by atoms with Crippen molar-refractivity contribution in [3.05, 3.63) is 60.0 Å². The number of rotatable bonds is 4. The highest BCUT2D eigenvalue weighted by molar-refractivity contribution is 7.91. The second-order valence-electron chi connectivity index (χ2n) is 9.40. The molecule has 3 aromatic rings. The van der Waals surface area contributed by atoms with Crippen LogP contribution in [0, 0.1) is 5.95 Å². The summed E-state index contributed by atoms with van der Waals surface area (Å²) in [6.45, 7) is 8.26. The topological polar surface area (TPSA) is 109 Å². The number of nitrogens with zero attached hydrogens (tertiary/aromatic N) is 3. The minimum absolute atomic E-state index is 0.0616. The second kappa shape index (κ2) is 9.18. The zero-order valence-corrected chi connectivity index (χ0v) is 21.0. The number of fused-ring (bicyclic) bond motifs is 1. The number of piperazine rings is 1. The molecule has 0 aliphatic carbocycles. The fourth-order valence-corrected chi connectivity index (χ4v) is 6.03. The molecule has 0 spiro atoms. The van der Waals surface area contributed by atoms with Gasteiger partial charge in [-0.05, 0) is 55.3 Å². The molecule has 1 fully saturated rings. The number of nitrogens with two attached hydrogens (primary N) is 1. The SMILES string of the molecule is CC(C)N1CCN(c2ccc(-c3cc(-c4ccc5c(c4)S(=O)(=O)CNC5=O)c(N)nc3F)cc2)CC1. The zero-order valence-electron chi connectivity index (χ0n) is 20.2. The van der Waals surface area contributed by atoms with Crippen molar-refractivity contribution in [3.8, 4) is 22.3 Å². The molecule has 2 aromatic carbocycles. The van der Waals surface area contributed by atoms with E-state index in [1.165, 1.54) is 12.1 Å². The highest BCUT2D eigenvalue weighted by Crippen LogP contribution is 2.35. The Kier molecular flexibility index (Phi) is 6.17. The Balaban J connectivity index is 1.46. The number of hydrogen-bond acceptors (Lipinski definition) is 7. The molecule has 2 aliphatic heterocycles. The van der Waals surface area contributed by atoms with Gasteiger partial charge in [0.2, 0.25) is 5.95 Å². The largest absolute Gasteiger partial charge is 0.383 e. The summed E-state index contributed by atoms with van der Waals surface area (Å²) >= 11 is 0. The molecule has 1 saturated heterocycles. The molecule has 2 aliphatic rings. The van der Waals surface area contributed by atoms with Gasteiger partial charge < -0.3 is 16.0 Å². The first-order valence-electron chi connectivity index (χ1n) is 11.8. The van der Waals surface area contributed by atoms with Gasteiger partial charge in [-0.25, -0.2) is 13.4 Å². The standard InChI is InChI=1S/C26H28FN5O3S/c1-16(2)31-9-11-32(12-10-31)19-6-3-17(4-7-19)21-14-22(25(28)30-24(21)27)18-5-8-20-23(13-18)36(34,35)15-29-26(20)33/h3-8,13-14,16H,9-12,15H2,1-2H3,(H2,28,30)(H,29,33). The molecule has 3 N–H and O–H groups in total. The van der Waals surface area contributed by atoms with E-state index in [9.17, 15) is 17.6 Å². The van der Waals surface area contributed by atoms with Gasteiger partial charge in [-0.2, -0.15) is 4.39 Å². The Bertz CT molecular complexity index is 1430. The summed E-state index contributed by atoms with van der Waals surface area (Å²) in [6.07, 6.45) is 0. The van der Waals surface area contributed by atoms with Crippen LogP contribution in [0.1, 0.15) is 24.2 Å². The van der Waals surface area contributed by atoms with Crippen molar-refractivity contribution in [1.82, 2.24) is 15.2 Å². The van der Waals surface area contributed by atoms with Gasteiger partial charge in [-0.15, -0.1) is 0 Å². The van der Waals surface area contributed by atoms with Crippen LogP contribution in [0.3, 0.4) is 0 Å². The fourth-order valence-electron chi connectivity index (χ4n) is 4.75. The number of halogens is 1. The fraction of sp³-hybridized carbons (Fsp3) is 0.308. The highest BCUT2D eigenvalue weighted by Gasteiger charge is 2.29. The lowest BCUT2D eigenvalue weighted by Crippen LogP contribution is -2.48. The van der Waals surface area contributed by atoms with Crippen LogP contribution in [0.2, 0.25) is 0 Å². The lowest BCUT2D eigenvalue weighted by atomic mass is 9.99. The number of hydrogen-bond donors (Lipinski definition) is 2. The summed E-state index contributed by atoms with van der Waals surface area (Å²) in [7, 11) is -3.69. The second-order valence-corrected chi connectivity index (χ2v) is 11.4. The molecule has 0 atom stereocenters. The van der Waals surface area contributed by atoms with Gasteiger partial charge in [0.15, 0.2) is 9.84 Å². The Hall–Kier alpha value is -3.50. The molecular formula is C26H28FN5O3S. The van der Waals surface area contributed by atoms with E-state index in [4.69, 9.17) is 5.73 Å². The summed E-state index contributed by atoms with van der Waals surface area (Å²) in [5.74, 6) is -1.69. The number of nitrogen functional groups attached to an aromatic ring is 1. The van der Waals surface area contributed by atoms with Gasteiger partial charge in [0.1, 0.15) is 11.7 Å². The molecule has 1 aromatic heterocycles. The number of anilines is 2. The maximum Gasteiger partial charge on any atom is 0.253 e. The average Bonchev–Trinajstić information content (AvgIpc) is 2.87. The molecule has 3 heterocycles. The predicted octanol–water partition coefficient (Wildman–Crippen LogP) is 3.14. The van der Waals surface area contributed by atoms with Crippen LogP contribution in [0.15, 0.2) is 53.4 Å². The average molecular weight is 510 g/mol. The summed E-state index contributed by atoms with van der Waals surface area (Å²) in [6, 6.07) is 14.2. The number of benzene rings is 2. The molecule has 0 radical (unpaired) electrons. The maximum absolute atomic E-state index is 14.9. The van der Waals surface area contributed by atoms with Gasteiger partial charge in [0.05, 0.1) is 10.5 Å². The van der Waals surface area contributed by atoms with Crippen molar-refractivity contribution in [3.63, 3.8) is 0 Å². The molecule has 1 amide bonds. The van der Waals surface area contributed by atoms with Crippen LogP contribution in [-0.4, -0.2) is 62.3 Å². The van der Waals surface area contributed by atoms with Crippen molar-refractivity contribution in [2.24, 2.45) is 0 Å². The first kappa shape index (κ1) is 24.2. The predicted molar refractivity (Wildman–Crippen MR) is 138 cm³/mol. The third kappa shape index (κ3) is 4.42. The van der Waals surface area contributed by atoms with Crippen LogP contribution in [0.4, 0.5) is 15.9 Å². The van der Waals surface area contributed by atoms with Gasteiger partial charge in [0.25, 0.3) is 5.91 Å². The highest BCUT2D eigenvalue weighted by atomic mass is 32.2. The monoisotopic (exact) mass is 509 g/mol. The minimum Gasteiger partial charge on any atom is -0.383 e. The molecule has 36 heavy (non-hydrogen) atoms. The molecule has 0 bridgehead atoms. The number of nitrogens with one attached hydrogen (secondary N) is 1. The smallest absolute Gasteiger partial charge is 0.253 e. The first-order chi connectivity index (χ1) is 17.1. The Labute approximate surface area is 209 Å². The van der Waals surface area contributed by atoms with E-state index >= 15 is 0 Å². The summed E-state index contributed by atoms with van der Waals surface area (Å²) < 4.78 is 39.9. The summed E-state index contributed by atoms with van der Waals surface area (Å²) in [5.41, 5.74) is 8.91. The Morgan fingerprint density at radius 2 is 1.61 bits per heavy atom. The summed E-state index contributed by atoms with van der Waals surface area (Å²) in [4.78, 5) is 20.7. The van der Waals surface area contributed by atoms with Crippen molar-refractivity contribution < 1.29 is 17.6 Å². The number of sulfone groups is 1. The molecule has 0 unspecified atom stereocenters. The van der Waals surface area contributed by atoms with E-state index in [0.29, 0.717) is 22.7 Å². The van der Waals surface area contributed by atoms with Gasteiger partial charge in [-0.3, -0.25) is 9.69 Å². The molecule has 188 valence electrons. The van der Waals surface area contributed by atoms with E-state index in [2.05, 4.69) is 33.9 Å². The van der Waals surface area contributed by atoms with E-state index in [1.807, 2.05) is 24.3 Å². The van der Waals surface area contributed by atoms with Crippen LogP contribution in [0.5, 0.6) is 0 Å². The van der Waals surface area contributed by atoms with Crippen LogP contribution < -0.4 is 16.0 Å². The lowest BCUT2D eigenvalue weighted by Gasteiger charge is -2.38. The first-order valence-corrected chi connectivity index (χ1v) is 13.5. The third-order valence-corrected chi connectivity index (χ3v) is 8.42. The van der Waals surface area contributed by atoms with Crippen molar-refractivity contribution >= 4 is 27.2 Å². The van der Waals surface area contributed by atoms with E-state index in [0.717, 1.165) is 31.9 Å². The van der Waals surface area contributed by atoms with E-state index in [-0.39, 0.29) is 21.8 Å². The molecule has 0 saturated carbocycles. The third-order valence-electron chi connectivity index (χ3n) is 6.89.